The molecule has 0 N–H and O–H groups in total. The Kier molecular flexibility index (Phi) is 16.3. The third kappa shape index (κ3) is 13.3. The van der Waals surface area contributed by atoms with Crippen LogP contribution in [0.15, 0.2) is 218 Å². The van der Waals surface area contributed by atoms with E-state index in [2.05, 4.69) is 358 Å². The Balaban J connectivity index is 1.17. The predicted octanol–water partition coefficient (Wildman–Crippen LogP) is 20.4. The molecule has 420 valence electrons. The monoisotopic (exact) mass is 1080 g/mol. The minimum atomic E-state index is -0.0704. The summed E-state index contributed by atoms with van der Waals surface area (Å²) in [5, 5.41) is 0. The van der Waals surface area contributed by atoms with Crippen LogP contribution in [0, 0.1) is 0 Å². The molecule has 0 fully saturated rings. The molecule has 3 nitrogen and oxygen atoms in total. The summed E-state index contributed by atoms with van der Waals surface area (Å²) in [5.41, 5.74) is 21.9. The molecule has 0 saturated carbocycles. The van der Waals surface area contributed by atoms with Crippen LogP contribution in [0.2, 0.25) is 0 Å². The number of hydrogen-bond acceptors (Lipinski definition) is 3. The fourth-order valence-corrected chi connectivity index (χ4v) is 11.0. The zero-order valence-electron chi connectivity index (χ0n) is 52.7. The third-order valence-electron chi connectivity index (χ3n) is 16.4. The van der Waals surface area contributed by atoms with Crippen LogP contribution in [0.4, 0.5) is 51.2 Å². The first-order valence-corrected chi connectivity index (χ1v) is 29.8. The van der Waals surface area contributed by atoms with Gasteiger partial charge >= 0.3 is 0 Å². The van der Waals surface area contributed by atoms with Crippen molar-refractivity contribution >= 4 is 74.3 Å². The summed E-state index contributed by atoms with van der Waals surface area (Å²) >= 11 is 0. The molecule has 0 aliphatic heterocycles. The number of anilines is 9. The Morgan fingerprint density at radius 3 is 0.390 bits per heavy atom. The Morgan fingerprint density at radius 2 is 0.280 bits per heavy atom. The standard InChI is InChI=1S/C78H90BN3/c1-73(2,3)55-19-37-64(38-20-55)80(65-39-21-56(22-40-65)74(4,5)6)70-49-31-61(32-50-70)79(62-33-51-71(52-34-62)81(66-41-23-57(24-42-66)75(7,8)9)67-43-25-58(26-44-67)76(10,11)12)63-35-53-72(54-36-63)82(68-45-27-59(28-46-68)77(13,14)15)69-47-29-60(30-48-69)78(16,17)18/h19-54H,1-18H3. The molecule has 0 bridgehead atoms. The van der Waals surface area contributed by atoms with Crippen LogP contribution in [0.3, 0.4) is 0 Å². The van der Waals surface area contributed by atoms with E-state index < -0.39 is 0 Å². The lowest BCUT2D eigenvalue weighted by atomic mass is 9.37. The van der Waals surface area contributed by atoms with E-state index >= 15 is 0 Å². The average Bonchev–Trinajstić information content (AvgIpc) is 3.54. The molecule has 0 radical (unpaired) electrons. The Labute approximate surface area is 495 Å². The number of rotatable bonds is 12. The summed E-state index contributed by atoms with van der Waals surface area (Å²) in [6, 6.07) is 82.8. The van der Waals surface area contributed by atoms with E-state index in [1.807, 2.05) is 0 Å². The molecular formula is C78H90BN3. The van der Waals surface area contributed by atoms with Crippen molar-refractivity contribution in [2.45, 2.75) is 157 Å². The highest BCUT2D eigenvalue weighted by molar-refractivity contribution is 6.95. The van der Waals surface area contributed by atoms with Gasteiger partial charge in [0.2, 0.25) is 6.71 Å². The number of nitrogens with zero attached hydrogens (tertiary/aromatic N) is 3. The van der Waals surface area contributed by atoms with E-state index in [-0.39, 0.29) is 39.2 Å². The largest absolute Gasteiger partial charge is 0.311 e. The molecule has 0 saturated heterocycles. The first kappa shape index (κ1) is 59.1. The van der Waals surface area contributed by atoms with Crippen molar-refractivity contribution in [2.24, 2.45) is 0 Å². The lowest BCUT2D eigenvalue weighted by molar-refractivity contribution is 0.590. The first-order chi connectivity index (χ1) is 38.4. The zero-order valence-corrected chi connectivity index (χ0v) is 52.7. The van der Waals surface area contributed by atoms with Crippen LogP contribution in [0.25, 0.3) is 0 Å². The molecule has 9 rings (SSSR count). The molecule has 82 heavy (non-hydrogen) atoms. The smallest absolute Gasteiger partial charge is 0.241 e. The zero-order chi connectivity index (χ0) is 59.2. The molecule has 0 spiro atoms. The molecule has 0 aliphatic carbocycles. The van der Waals surface area contributed by atoms with Gasteiger partial charge < -0.3 is 14.7 Å². The van der Waals surface area contributed by atoms with Gasteiger partial charge in [0.1, 0.15) is 0 Å². The molecule has 0 unspecified atom stereocenters. The van der Waals surface area contributed by atoms with Gasteiger partial charge in [0.05, 0.1) is 0 Å². The van der Waals surface area contributed by atoms with Crippen LogP contribution in [-0.4, -0.2) is 6.71 Å². The van der Waals surface area contributed by atoms with Gasteiger partial charge in [-0.05, 0) is 175 Å². The normalized spacial score (nSPS) is 12.5. The summed E-state index contributed by atoms with van der Waals surface area (Å²) in [6.07, 6.45) is 0. The second kappa shape index (κ2) is 22.7. The molecule has 4 heteroatoms. The first-order valence-electron chi connectivity index (χ1n) is 29.8. The van der Waals surface area contributed by atoms with Crippen molar-refractivity contribution in [3.8, 4) is 0 Å². The van der Waals surface area contributed by atoms with E-state index in [1.165, 1.54) is 49.8 Å². The SMILES string of the molecule is CC(C)(C)c1ccc(N(c2ccc(B(c3ccc(N(c4ccc(C(C)(C)C)cc4)c4ccc(C(C)(C)C)cc4)cc3)c3ccc(N(c4ccc(C(C)(C)C)cc4)c4ccc(C(C)(C)C)cc4)cc3)cc2)c2ccc(C(C)(C)C)cc2)cc1. The van der Waals surface area contributed by atoms with E-state index in [1.54, 1.807) is 0 Å². The van der Waals surface area contributed by atoms with Crippen molar-refractivity contribution in [1.29, 1.82) is 0 Å². The third-order valence-corrected chi connectivity index (χ3v) is 16.4. The van der Waals surface area contributed by atoms with E-state index in [0.717, 1.165) is 51.2 Å². The molecule has 0 aromatic heterocycles. The summed E-state index contributed by atoms with van der Waals surface area (Å²) in [7, 11) is 0. The summed E-state index contributed by atoms with van der Waals surface area (Å²) in [6.45, 7) is 41.0. The van der Waals surface area contributed by atoms with Crippen LogP contribution in [0.1, 0.15) is 158 Å². The van der Waals surface area contributed by atoms with Crippen LogP contribution >= 0.6 is 0 Å². The molecular weight excluding hydrogens is 990 g/mol. The van der Waals surface area contributed by atoms with Crippen molar-refractivity contribution in [3.63, 3.8) is 0 Å². The summed E-state index contributed by atoms with van der Waals surface area (Å²) < 4.78 is 0. The summed E-state index contributed by atoms with van der Waals surface area (Å²) in [5.74, 6) is 0. The van der Waals surface area contributed by atoms with Crippen LogP contribution in [0.5, 0.6) is 0 Å². The molecule has 9 aromatic carbocycles. The minimum Gasteiger partial charge on any atom is -0.311 e. The van der Waals surface area contributed by atoms with Gasteiger partial charge in [-0.3, -0.25) is 0 Å². The van der Waals surface area contributed by atoms with Gasteiger partial charge in [-0.25, -0.2) is 0 Å². The van der Waals surface area contributed by atoms with Gasteiger partial charge in [0, 0.05) is 51.2 Å². The maximum Gasteiger partial charge on any atom is 0.241 e. The highest BCUT2D eigenvalue weighted by Crippen LogP contribution is 2.41. The van der Waals surface area contributed by atoms with Gasteiger partial charge in [-0.1, -0.05) is 250 Å². The second-order valence-corrected chi connectivity index (χ2v) is 29.0. The van der Waals surface area contributed by atoms with Gasteiger partial charge in [-0.2, -0.15) is 0 Å². The van der Waals surface area contributed by atoms with Crippen LogP contribution in [-0.2, 0) is 32.5 Å². The van der Waals surface area contributed by atoms with Crippen molar-refractivity contribution in [2.75, 3.05) is 14.7 Å². The molecule has 9 aromatic rings. The fraction of sp³-hybridized carbons (Fsp3) is 0.308. The lowest BCUT2D eigenvalue weighted by Gasteiger charge is -2.29. The maximum absolute atomic E-state index is 2.40. The van der Waals surface area contributed by atoms with E-state index in [0.29, 0.717) is 0 Å². The van der Waals surface area contributed by atoms with Crippen LogP contribution < -0.4 is 31.1 Å². The lowest BCUT2D eigenvalue weighted by Crippen LogP contribution is -2.52. The van der Waals surface area contributed by atoms with Gasteiger partial charge in [-0.15, -0.1) is 0 Å². The second-order valence-electron chi connectivity index (χ2n) is 29.0. The molecule has 0 amide bonds. The van der Waals surface area contributed by atoms with Crippen molar-refractivity contribution < 1.29 is 0 Å². The Hall–Kier alpha value is -7.56. The highest BCUT2D eigenvalue weighted by atomic mass is 15.2. The Bertz CT molecular complexity index is 2980. The average molecular weight is 1080 g/mol. The fourth-order valence-electron chi connectivity index (χ4n) is 11.0. The number of benzene rings is 9. The highest BCUT2D eigenvalue weighted by Gasteiger charge is 2.27. The molecule has 0 atom stereocenters. The molecule has 0 heterocycles. The quantitative estimate of drug-likeness (QED) is 0.113. The topological polar surface area (TPSA) is 9.72 Å². The molecule has 0 aliphatic rings. The van der Waals surface area contributed by atoms with E-state index in [4.69, 9.17) is 0 Å². The maximum atomic E-state index is 2.40. The van der Waals surface area contributed by atoms with E-state index in [9.17, 15) is 0 Å². The predicted molar refractivity (Wildman–Crippen MR) is 360 cm³/mol. The number of hydrogen-bond donors (Lipinski definition) is 0. The summed E-state index contributed by atoms with van der Waals surface area (Å²) in [4.78, 5) is 7.19. The van der Waals surface area contributed by atoms with Crippen molar-refractivity contribution in [3.05, 3.63) is 252 Å². The van der Waals surface area contributed by atoms with Gasteiger partial charge in [0.25, 0.3) is 0 Å². The van der Waals surface area contributed by atoms with Gasteiger partial charge in [0.15, 0.2) is 0 Å². The Morgan fingerprint density at radius 1 is 0.171 bits per heavy atom. The minimum absolute atomic E-state index is 0.0478. The van der Waals surface area contributed by atoms with Crippen molar-refractivity contribution in [1.82, 2.24) is 0 Å².